The van der Waals surface area contributed by atoms with E-state index >= 15 is 0 Å². The summed E-state index contributed by atoms with van der Waals surface area (Å²) in [6.07, 6.45) is 0.440. The average molecular weight is 454 g/mol. The van der Waals surface area contributed by atoms with Crippen LogP contribution >= 0.6 is 0 Å². The highest BCUT2D eigenvalue weighted by Gasteiger charge is 2.25. The zero-order valence-corrected chi connectivity index (χ0v) is 18.5. The maximum absolute atomic E-state index is 12.6. The molecule has 2 N–H and O–H groups in total. The molecule has 1 amide bonds. The molecule has 31 heavy (non-hydrogen) atoms. The first-order valence-electron chi connectivity index (χ1n) is 9.91. The molecule has 170 valence electrons. The molecular weight excluding hydrogens is 426 g/mol. The van der Waals surface area contributed by atoms with Crippen molar-refractivity contribution < 1.29 is 32.5 Å². The van der Waals surface area contributed by atoms with Gasteiger partial charge in [0.2, 0.25) is 16.8 Å². The summed E-state index contributed by atoms with van der Waals surface area (Å²) in [4.78, 5) is 12.6. The van der Waals surface area contributed by atoms with Crippen molar-refractivity contribution in [1.82, 2.24) is 14.2 Å². The van der Waals surface area contributed by atoms with Crippen LogP contribution in [0.15, 0.2) is 35.4 Å². The molecule has 0 bridgehead atoms. The quantitative estimate of drug-likeness (QED) is 0.550. The van der Waals surface area contributed by atoms with E-state index < -0.39 is 22.0 Å². The number of nitrogens with zero attached hydrogens (tertiary/aromatic N) is 2. The van der Waals surface area contributed by atoms with Crippen molar-refractivity contribution in [1.29, 1.82) is 0 Å². The lowest BCUT2D eigenvalue weighted by Crippen LogP contribution is -2.36. The van der Waals surface area contributed by atoms with Gasteiger partial charge in [-0.05, 0) is 18.2 Å². The maximum Gasteiger partial charge on any atom is 0.268 e. The second-order valence-corrected chi connectivity index (χ2v) is 8.89. The number of amides is 1. The van der Waals surface area contributed by atoms with E-state index in [9.17, 15) is 18.3 Å². The van der Waals surface area contributed by atoms with Crippen LogP contribution in [0.2, 0.25) is 0 Å². The molecule has 0 saturated carbocycles. The van der Waals surface area contributed by atoms with Gasteiger partial charge in [0.15, 0.2) is 11.5 Å². The predicted molar refractivity (Wildman–Crippen MR) is 112 cm³/mol. The highest BCUT2D eigenvalue weighted by Crippen LogP contribution is 2.35. The molecule has 1 aromatic carbocycles. The van der Waals surface area contributed by atoms with Crippen LogP contribution in [0.25, 0.3) is 0 Å². The lowest BCUT2D eigenvalue weighted by Gasteiger charge is -2.17. The zero-order chi connectivity index (χ0) is 22.6. The fourth-order valence-corrected chi connectivity index (χ4v) is 4.66. The average Bonchev–Trinajstić information content (AvgIpc) is 3.37. The molecule has 1 aromatic heterocycles. The van der Waals surface area contributed by atoms with Crippen molar-refractivity contribution in [2.24, 2.45) is 7.05 Å². The number of carbonyl (C=O) groups excluding carboxylic acids is 1. The Hall–Kier alpha value is -2.76. The SMILES string of the molecule is CCN(CC)S(=O)(=O)c1cc(C(=O)NCC(O)COc2ccc3c(c2)OCO3)n(C)c1. The van der Waals surface area contributed by atoms with Crippen LogP contribution in [0.5, 0.6) is 17.2 Å². The second-order valence-electron chi connectivity index (χ2n) is 6.95. The molecule has 1 atom stereocenters. The number of hydrogen-bond donors (Lipinski definition) is 2. The Kier molecular flexibility index (Phi) is 7.08. The number of aryl methyl sites for hydroxylation is 1. The highest BCUT2D eigenvalue weighted by atomic mass is 32.2. The highest BCUT2D eigenvalue weighted by molar-refractivity contribution is 7.89. The molecular formula is C20H27N3O7S. The Morgan fingerprint density at radius 3 is 2.68 bits per heavy atom. The van der Waals surface area contributed by atoms with Gasteiger partial charge in [-0.15, -0.1) is 0 Å². The molecule has 0 radical (unpaired) electrons. The standard InChI is InChI=1S/C20H27N3O7S/c1-4-23(5-2)31(26,27)16-9-17(22(3)11-16)20(25)21-10-14(24)12-28-15-6-7-18-19(8-15)30-13-29-18/h6-9,11,14,24H,4-5,10,12-13H2,1-3H3,(H,21,25). The van der Waals surface area contributed by atoms with Crippen LogP contribution < -0.4 is 19.5 Å². The summed E-state index contributed by atoms with van der Waals surface area (Å²) in [6.45, 7) is 4.23. The number of aromatic nitrogens is 1. The van der Waals surface area contributed by atoms with Crippen molar-refractivity contribution in [2.75, 3.05) is 33.0 Å². The van der Waals surface area contributed by atoms with Crippen LogP contribution in [0.1, 0.15) is 24.3 Å². The first kappa shape index (κ1) is 22.9. The maximum atomic E-state index is 12.6. The molecule has 11 heteroatoms. The molecule has 2 heterocycles. The van der Waals surface area contributed by atoms with Gasteiger partial charge in [-0.3, -0.25) is 4.79 Å². The number of aliphatic hydroxyl groups excluding tert-OH is 1. The Labute approximate surface area is 181 Å². The van der Waals surface area contributed by atoms with Crippen LogP contribution in [0, 0.1) is 0 Å². The summed E-state index contributed by atoms with van der Waals surface area (Å²) in [7, 11) is -2.07. The molecule has 1 aliphatic heterocycles. The molecule has 0 aliphatic carbocycles. The predicted octanol–water partition coefficient (Wildman–Crippen LogP) is 0.954. The van der Waals surface area contributed by atoms with Gasteiger partial charge in [-0.25, -0.2) is 8.42 Å². The molecule has 10 nitrogen and oxygen atoms in total. The Morgan fingerprint density at radius 1 is 1.26 bits per heavy atom. The van der Waals surface area contributed by atoms with Gasteiger partial charge in [0, 0.05) is 38.9 Å². The minimum absolute atomic E-state index is 0.0470. The van der Waals surface area contributed by atoms with Crippen LogP contribution in [-0.4, -0.2) is 67.4 Å². The summed E-state index contributed by atoms with van der Waals surface area (Å²) < 4.78 is 44.1. The molecule has 3 rings (SSSR count). The van der Waals surface area contributed by atoms with E-state index in [0.29, 0.717) is 30.3 Å². The van der Waals surface area contributed by atoms with Crippen LogP contribution in [0.4, 0.5) is 0 Å². The smallest absolute Gasteiger partial charge is 0.268 e. The summed E-state index contributed by atoms with van der Waals surface area (Å²) in [5, 5.41) is 12.7. The molecule has 2 aromatic rings. The van der Waals surface area contributed by atoms with Gasteiger partial charge in [0.1, 0.15) is 29.0 Å². The molecule has 0 spiro atoms. The van der Waals surface area contributed by atoms with E-state index in [2.05, 4.69) is 5.32 Å². The number of rotatable bonds is 10. The third-order valence-electron chi connectivity index (χ3n) is 4.84. The molecule has 1 aliphatic rings. The van der Waals surface area contributed by atoms with Crippen molar-refractivity contribution in [3.63, 3.8) is 0 Å². The minimum Gasteiger partial charge on any atom is -0.491 e. The van der Waals surface area contributed by atoms with Gasteiger partial charge in [-0.2, -0.15) is 4.31 Å². The number of carbonyl (C=O) groups is 1. The summed E-state index contributed by atoms with van der Waals surface area (Å²) in [5.74, 6) is 1.21. The number of ether oxygens (including phenoxy) is 3. The fourth-order valence-electron chi connectivity index (χ4n) is 3.13. The van der Waals surface area contributed by atoms with E-state index in [-0.39, 0.29) is 30.5 Å². The van der Waals surface area contributed by atoms with Gasteiger partial charge in [0.25, 0.3) is 5.91 Å². The van der Waals surface area contributed by atoms with E-state index in [1.54, 1.807) is 39.1 Å². The van der Waals surface area contributed by atoms with Crippen molar-refractivity contribution in [3.8, 4) is 17.2 Å². The van der Waals surface area contributed by atoms with Gasteiger partial charge >= 0.3 is 0 Å². The van der Waals surface area contributed by atoms with E-state index in [4.69, 9.17) is 14.2 Å². The van der Waals surface area contributed by atoms with Gasteiger partial charge in [-0.1, -0.05) is 13.8 Å². The van der Waals surface area contributed by atoms with Crippen LogP contribution in [0.3, 0.4) is 0 Å². The topological polar surface area (TPSA) is 119 Å². The number of fused-ring (bicyclic) bond motifs is 1. The van der Waals surface area contributed by atoms with Gasteiger partial charge in [0.05, 0.1) is 0 Å². The fraction of sp³-hybridized carbons (Fsp3) is 0.450. The summed E-state index contributed by atoms with van der Waals surface area (Å²) in [5.41, 5.74) is 0.176. The Morgan fingerprint density at radius 2 is 1.97 bits per heavy atom. The normalized spacial score (nSPS) is 14.0. The van der Waals surface area contributed by atoms with Crippen molar-refractivity contribution in [2.45, 2.75) is 24.8 Å². The number of nitrogens with one attached hydrogen (secondary N) is 1. The third kappa shape index (κ3) is 5.12. The first-order chi connectivity index (χ1) is 14.8. The van der Waals surface area contributed by atoms with Crippen molar-refractivity contribution in [3.05, 3.63) is 36.2 Å². The second kappa shape index (κ2) is 9.58. The van der Waals surface area contributed by atoms with E-state index in [0.717, 1.165) is 0 Å². The third-order valence-corrected chi connectivity index (χ3v) is 6.86. The lowest BCUT2D eigenvalue weighted by atomic mass is 10.3. The van der Waals surface area contributed by atoms with E-state index in [1.807, 2.05) is 0 Å². The number of sulfonamides is 1. The zero-order valence-electron chi connectivity index (χ0n) is 17.7. The number of aliphatic hydroxyl groups is 1. The number of hydrogen-bond acceptors (Lipinski definition) is 7. The molecule has 1 unspecified atom stereocenters. The minimum atomic E-state index is -3.67. The van der Waals surface area contributed by atoms with Crippen molar-refractivity contribution >= 4 is 15.9 Å². The Balaban J connectivity index is 1.55. The summed E-state index contributed by atoms with van der Waals surface area (Å²) >= 11 is 0. The van der Waals surface area contributed by atoms with E-state index in [1.165, 1.54) is 21.1 Å². The Bertz CT molecular complexity index is 1030. The molecule has 0 saturated heterocycles. The number of benzene rings is 1. The molecule has 0 fully saturated rings. The lowest BCUT2D eigenvalue weighted by molar-refractivity contribution is 0.0837. The van der Waals surface area contributed by atoms with Crippen LogP contribution in [-0.2, 0) is 17.1 Å². The first-order valence-corrected chi connectivity index (χ1v) is 11.4. The monoisotopic (exact) mass is 453 g/mol. The largest absolute Gasteiger partial charge is 0.491 e. The van der Waals surface area contributed by atoms with Gasteiger partial charge < -0.3 is 29.2 Å². The summed E-state index contributed by atoms with van der Waals surface area (Å²) in [6, 6.07) is 6.40.